The minimum atomic E-state index is -0.298. The Hall–Kier alpha value is -3.74. The molecule has 0 aliphatic carbocycles. The third-order valence-corrected chi connectivity index (χ3v) is 4.27. The van der Waals surface area contributed by atoms with Crippen molar-refractivity contribution >= 4 is 23.1 Å². The summed E-state index contributed by atoms with van der Waals surface area (Å²) in [5.41, 5.74) is 3.06. The molecular weight excluding hydrogens is 370 g/mol. The molecule has 0 spiro atoms. The van der Waals surface area contributed by atoms with E-state index in [-0.39, 0.29) is 5.91 Å². The number of aryl methyl sites for hydroxylation is 1. The van der Waals surface area contributed by atoms with Gasteiger partial charge in [0.05, 0.1) is 26.9 Å². The van der Waals surface area contributed by atoms with E-state index < -0.39 is 0 Å². The largest absolute Gasteiger partial charge is 0.493 e. The van der Waals surface area contributed by atoms with E-state index in [2.05, 4.69) is 15.6 Å². The van der Waals surface area contributed by atoms with Gasteiger partial charge in [-0.2, -0.15) is 0 Å². The van der Waals surface area contributed by atoms with Gasteiger partial charge < -0.3 is 24.8 Å². The number of benzene rings is 2. The second-order valence-corrected chi connectivity index (χ2v) is 6.29. The molecule has 0 atom stereocenters. The Morgan fingerprint density at radius 2 is 1.52 bits per heavy atom. The molecule has 3 rings (SSSR count). The lowest BCUT2D eigenvalue weighted by Crippen LogP contribution is -2.12. The smallest absolute Gasteiger partial charge is 0.257 e. The third-order valence-electron chi connectivity index (χ3n) is 4.27. The van der Waals surface area contributed by atoms with E-state index in [0.29, 0.717) is 34.3 Å². The van der Waals surface area contributed by atoms with Gasteiger partial charge >= 0.3 is 0 Å². The topological polar surface area (TPSA) is 81.7 Å². The molecule has 29 heavy (non-hydrogen) atoms. The van der Waals surface area contributed by atoms with Crippen LogP contribution in [0.2, 0.25) is 0 Å². The van der Waals surface area contributed by atoms with Crippen LogP contribution >= 0.6 is 0 Å². The number of ether oxygens (including phenoxy) is 3. The van der Waals surface area contributed by atoms with E-state index in [1.165, 1.54) is 33.1 Å². The third kappa shape index (κ3) is 4.76. The van der Waals surface area contributed by atoms with E-state index in [9.17, 15) is 4.79 Å². The second-order valence-electron chi connectivity index (χ2n) is 6.29. The first-order chi connectivity index (χ1) is 14.0. The number of pyridine rings is 1. The van der Waals surface area contributed by atoms with E-state index in [1.54, 1.807) is 24.3 Å². The molecule has 1 amide bonds. The summed E-state index contributed by atoms with van der Waals surface area (Å²) in [7, 11) is 4.57. The van der Waals surface area contributed by atoms with E-state index in [0.717, 1.165) is 5.69 Å². The number of nitrogens with one attached hydrogen (secondary N) is 2. The average Bonchev–Trinajstić information content (AvgIpc) is 2.75. The van der Waals surface area contributed by atoms with Crippen molar-refractivity contribution < 1.29 is 19.0 Å². The fraction of sp³-hybridized carbons (Fsp3) is 0.182. The van der Waals surface area contributed by atoms with Crippen molar-refractivity contribution in [2.24, 2.45) is 0 Å². The van der Waals surface area contributed by atoms with Crippen molar-refractivity contribution in [3.05, 3.63) is 65.9 Å². The quantitative estimate of drug-likeness (QED) is 0.619. The molecule has 0 radical (unpaired) electrons. The first-order valence-corrected chi connectivity index (χ1v) is 8.95. The van der Waals surface area contributed by atoms with Gasteiger partial charge in [-0.25, -0.2) is 4.98 Å². The fourth-order valence-electron chi connectivity index (χ4n) is 2.74. The van der Waals surface area contributed by atoms with Crippen LogP contribution in [-0.2, 0) is 0 Å². The summed E-state index contributed by atoms with van der Waals surface area (Å²) in [5.74, 6) is 1.73. The number of carbonyl (C=O) groups is 1. The number of hydrogen-bond donors (Lipinski definition) is 2. The molecule has 0 unspecified atom stereocenters. The molecule has 7 nitrogen and oxygen atoms in total. The summed E-state index contributed by atoms with van der Waals surface area (Å²) >= 11 is 0. The number of aromatic nitrogens is 1. The van der Waals surface area contributed by atoms with Gasteiger partial charge in [-0.05, 0) is 31.2 Å². The lowest BCUT2D eigenvalue weighted by molar-refractivity contribution is 0.102. The fourth-order valence-corrected chi connectivity index (χ4v) is 2.74. The number of amides is 1. The lowest BCUT2D eigenvalue weighted by atomic mass is 10.2. The van der Waals surface area contributed by atoms with Crippen LogP contribution in [0.15, 0.2) is 54.7 Å². The number of anilines is 3. The first kappa shape index (κ1) is 20.0. The van der Waals surface area contributed by atoms with Crippen molar-refractivity contribution in [1.82, 2.24) is 4.98 Å². The van der Waals surface area contributed by atoms with E-state index in [4.69, 9.17) is 14.2 Å². The molecule has 1 heterocycles. The highest BCUT2D eigenvalue weighted by Crippen LogP contribution is 2.40. The number of carbonyl (C=O) groups excluding carboxylic acids is 1. The Labute approximate surface area is 169 Å². The summed E-state index contributed by atoms with van der Waals surface area (Å²) in [6.07, 6.45) is 1.52. The van der Waals surface area contributed by atoms with Gasteiger partial charge in [0.25, 0.3) is 5.91 Å². The minimum Gasteiger partial charge on any atom is -0.493 e. The van der Waals surface area contributed by atoms with E-state index >= 15 is 0 Å². The predicted octanol–water partition coefficient (Wildman–Crippen LogP) is 4.41. The standard InChI is InChI=1S/C22H23N3O4/c1-14-5-8-16(9-6-14)24-20-10-7-15(13-23-20)22(26)25-17-11-18(27-2)21(29-4)19(12-17)28-3/h5-13H,1-4H3,(H,23,24)(H,25,26). The zero-order valence-electron chi connectivity index (χ0n) is 16.8. The molecule has 0 aliphatic heterocycles. The number of nitrogens with zero attached hydrogens (tertiary/aromatic N) is 1. The Morgan fingerprint density at radius 3 is 2.03 bits per heavy atom. The zero-order chi connectivity index (χ0) is 20.8. The highest BCUT2D eigenvalue weighted by atomic mass is 16.5. The zero-order valence-corrected chi connectivity index (χ0v) is 16.8. The Morgan fingerprint density at radius 1 is 0.862 bits per heavy atom. The van der Waals surface area contributed by atoms with Gasteiger partial charge in [-0.15, -0.1) is 0 Å². The SMILES string of the molecule is COc1cc(NC(=O)c2ccc(Nc3ccc(C)cc3)nc2)cc(OC)c1OC. The van der Waals surface area contributed by atoms with Crippen LogP contribution in [0, 0.1) is 6.92 Å². The molecule has 1 aromatic heterocycles. The van der Waals surface area contributed by atoms with Crippen LogP contribution in [-0.4, -0.2) is 32.2 Å². The summed E-state index contributed by atoms with van der Waals surface area (Å²) in [4.78, 5) is 16.9. The highest BCUT2D eigenvalue weighted by molar-refractivity contribution is 6.04. The van der Waals surface area contributed by atoms with Gasteiger partial charge in [-0.1, -0.05) is 17.7 Å². The number of methoxy groups -OCH3 is 3. The number of rotatable bonds is 7. The molecule has 0 saturated heterocycles. The summed E-state index contributed by atoms with van der Waals surface area (Å²) in [6.45, 7) is 2.03. The number of hydrogen-bond acceptors (Lipinski definition) is 6. The monoisotopic (exact) mass is 393 g/mol. The predicted molar refractivity (Wildman–Crippen MR) is 113 cm³/mol. The average molecular weight is 393 g/mol. The minimum absolute atomic E-state index is 0.298. The van der Waals surface area contributed by atoms with E-state index in [1.807, 2.05) is 31.2 Å². The summed E-state index contributed by atoms with van der Waals surface area (Å²) in [5, 5.41) is 6.02. The van der Waals surface area contributed by atoms with Gasteiger partial charge in [0.15, 0.2) is 11.5 Å². The Bertz CT molecular complexity index is 961. The maximum absolute atomic E-state index is 12.6. The Kier molecular flexibility index (Phi) is 6.19. The molecule has 0 aliphatic rings. The molecular formula is C22H23N3O4. The highest BCUT2D eigenvalue weighted by Gasteiger charge is 2.15. The maximum Gasteiger partial charge on any atom is 0.257 e. The first-order valence-electron chi connectivity index (χ1n) is 8.95. The van der Waals surface area contributed by atoms with Crippen molar-refractivity contribution in [2.45, 2.75) is 6.92 Å². The molecule has 150 valence electrons. The van der Waals surface area contributed by atoms with Gasteiger partial charge in [0, 0.05) is 29.7 Å². The molecule has 7 heteroatoms. The molecule has 2 aromatic carbocycles. The molecule has 0 bridgehead atoms. The van der Waals surface area contributed by atoms with Crippen LogP contribution in [0.5, 0.6) is 17.2 Å². The van der Waals surface area contributed by atoms with Crippen LogP contribution in [0.1, 0.15) is 15.9 Å². The summed E-state index contributed by atoms with van der Waals surface area (Å²) in [6, 6.07) is 14.8. The maximum atomic E-state index is 12.6. The molecule has 3 aromatic rings. The Balaban J connectivity index is 1.73. The van der Waals surface area contributed by atoms with Crippen molar-refractivity contribution in [3.63, 3.8) is 0 Å². The van der Waals surface area contributed by atoms with Gasteiger partial charge in [0.1, 0.15) is 5.82 Å². The second kappa shape index (κ2) is 8.97. The molecule has 0 fully saturated rings. The van der Waals surface area contributed by atoms with Gasteiger partial charge in [0.2, 0.25) is 5.75 Å². The van der Waals surface area contributed by atoms with Crippen molar-refractivity contribution in [3.8, 4) is 17.2 Å². The van der Waals surface area contributed by atoms with Crippen LogP contribution in [0.3, 0.4) is 0 Å². The lowest BCUT2D eigenvalue weighted by Gasteiger charge is -2.14. The van der Waals surface area contributed by atoms with Crippen LogP contribution in [0.25, 0.3) is 0 Å². The normalized spacial score (nSPS) is 10.2. The van der Waals surface area contributed by atoms with Crippen LogP contribution in [0.4, 0.5) is 17.2 Å². The van der Waals surface area contributed by atoms with Crippen LogP contribution < -0.4 is 24.8 Å². The van der Waals surface area contributed by atoms with Crippen molar-refractivity contribution in [2.75, 3.05) is 32.0 Å². The van der Waals surface area contributed by atoms with Gasteiger partial charge in [-0.3, -0.25) is 4.79 Å². The summed E-state index contributed by atoms with van der Waals surface area (Å²) < 4.78 is 15.9. The molecule has 2 N–H and O–H groups in total. The van der Waals surface area contributed by atoms with Crippen molar-refractivity contribution in [1.29, 1.82) is 0 Å². The molecule has 0 saturated carbocycles.